The number of thiazole rings is 1. The van der Waals surface area contributed by atoms with E-state index in [1.807, 2.05) is 13.8 Å². The molecule has 0 fully saturated rings. The van der Waals surface area contributed by atoms with Crippen molar-refractivity contribution in [1.82, 2.24) is 15.6 Å². The predicted molar refractivity (Wildman–Crippen MR) is 96.6 cm³/mol. The molecule has 0 spiro atoms. The van der Waals surface area contributed by atoms with Crippen LogP contribution < -0.4 is 15.4 Å². The van der Waals surface area contributed by atoms with Crippen LogP contribution in [0.15, 0.2) is 35.5 Å². The summed E-state index contributed by atoms with van der Waals surface area (Å²) in [6.45, 7) is 5.40. The van der Waals surface area contributed by atoms with Crippen molar-refractivity contribution in [2.75, 3.05) is 19.7 Å². The number of halogens is 3. The minimum absolute atomic E-state index is 0.0772. The van der Waals surface area contributed by atoms with E-state index >= 15 is 0 Å². The number of para-hydroxylation sites is 1. The average molecular weight is 386 g/mol. The molecule has 1 heterocycles. The van der Waals surface area contributed by atoms with Gasteiger partial charge in [0.15, 0.2) is 5.96 Å². The molecule has 2 N–H and O–H groups in total. The minimum Gasteiger partial charge on any atom is -0.491 e. The topological polar surface area (TPSA) is 58.5 Å². The fourth-order valence-corrected chi connectivity index (χ4v) is 2.83. The lowest BCUT2D eigenvalue weighted by Crippen LogP contribution is -2.39. The first-order valence-electron chi connectivity index (χ1n) is 8.12. The Balaban J connectivity index is 1.86. The number of ether oxygens (including phenoxy) is 1. The molecule has 0 bridgehead atoms. The van der Waals surface area contributed by atoms with Crippen LogP contribution in [0.5, 0.6) is 5.75 Å². The molecule has 0 saturated carbocycles. The van der Waals surface area contributed by atoms with E-state index in [1.165, 1.54) is 18.2 Å². The van der Waals surface area contributed by atoms with Gasteiger partial charge in [0.25, 0.3) is 0 Å². The highest BCUT2D eigenvalue weighted by Gasteiger charge is 2.33. The number of hydrogen-bond donors (Lipinski definition) is 2. The van der Waals surface area contributed by atoms with Gasteiger partial charge >= 0.3 is 6.18 Å². The van der Waals surface area contributed by atoms with Crippen LogP contribution in [0.3, 0.4) is 0 Å². The molecule has 0 unspecified atom stereocenters. The van der Waals surface area contributed by atoms with E-state index in [4.69, 9.17) is 4.74 Å². The van der Waals surface area contributed by atoms with Crippen molar-refractivity contribution in [3.63, 3.8) is 0 Å². The van der Waals surface area contributed by atoms with Crippen molar-refractivity contribution in [2.24, 2.45) is 4.99 Å². The maximum absolute atomic E-state index is 12.9. The lowest BCUT2D eigenvalue weighted by atomic mass is 10.2. The third-order valence-corrected chi connectivity index (χ3v) is 4.13. The molecule has 1 aromatic carbocycles. The standard InChI is InChI=1S/C17H21F3N4OS/c1-3-21-16(24-11-15-23-10-12(2)26-15)22-8-9-25-14-7-5-4-6-13(14)17(18,19)20/h4-7,10H,3,8-9,11H2,1-2H3,(H2,21,22,24). The molecule has 26 heavy (non-hydrogen) atoms. The number of benzene rings is 1. The first-order chi connectivity index (χ1) is 12.4. The second-order valence-electron chi connectivity index (χ2n) is 5.33. The van der Waals surface area contributed by atoms with Gasteiger partial charge in [0.2, 0.25) is 0 Å². The van der Waals surface area contributed by atoms with Gasteiger partial charge in [-0.2, -0.15) is 13.2 Å². The van der Waals surface area contributed by atoms with E-state index in [1.54, 1.807) is 17.5 Å². The molecular formula is C17H21F3N4OS. The van der Waals surface area contributed by atoms with Crippen LogP contribution >= 0.6 is 11.3 Å². The molecule has 142 valence electrons. The molecule has 0 radical (unpaired) electrons. The van der Waals surface area contributed by atoms with Crippen LogP contribution in [0.1, 0.15) is 22.4 Å². The normalized spacial score (nSPS) is 12.1. The largest absolute Gasteiger partial charge is 0.491 e. The molecule has 5 nitrogen and oxygen atoms in total. The van der Waals surface area contributed by atoms with Gasteiger partial charge in [0.05, 0.1) is 18.7 Å². The molecule has 1 aromatic heterocycles. The van der Waals surface area contributed by atoms with Gasteiger partial charge in [0.1, 0.15) is 17.4 Å². The fourth-order valence-electron chi connectivity index (χ4n) is 2.12. The Morgan fingerprint density at radius 2 is 2.04 bits per heavy atom. The molecule has 0 atom stereocenters. The maximum atomic E-state index is 12.9. The summed E-state index contributed by atoms with van der Waals surface area (Å²) >= 11 is 1.57. The SMILES string of the molecule is CCNC(=NCc1ncc(C)s1)NCCOc1ccccc1C(F)(F)F. The van der Waals surface area contributed by atoms with E-state index in [0.717, 1.165) is 16.0 Å². The number of aryl methyl sites for hydroxylation is 1. The van der Waals surface area contributed by atoms with Crippen molar-refractivity contribution < 1.29 is 17.9 Å². The van der Waals surface area contributed by atoms with Gasteiger partial charge in [-0.3, -0.25) is 0 Å². The molecular weight excluding hydrogens is 365 g/mol. The summed E-state index contributed by atoms with van der Waals surface area (Å²) in [7, 11) is 0. The molecule has 0 aliphatic rings. The van der Waals surface area contributed by atoms with Crippen molar-refractivity contribution in [2.45, 2.75) is 26.6 Å². The molecule has 0 saturated heterocycles. The van der Waals surface area contributed by atoms with Crippen LogP contribution in [0.2, 0.25) is 0 Å². The van der Waals surface area contributed by atoms with Crippen molar-refractivity contribution in [3.8, 4) is 5.75 Å². The van der Waals surface area contributed by atoms with Crippen LogP contribution in [0.4, 0.5) is 13.2 Å². The molecule has 2 aromatic rings. The summed E-state index contributed by atoms with van der Waals surface area (Å²) in [5.41, 5.74) is -0.778. The predicted octanol–water partition coefficient (Wildman–Crippen LogP) is 3.60. The average Bonchev–Trinajstić information content (AvgIpc) is 3.01. The summed E-state index contributed by atoms with van der Waals surface area (Å²) in [4.78, 5) is 9.76. The van der Waals surface area contributed by atoms with Crippen LogP contribution in [0.25, 0.3) is 0 Å². The molecule has 0 amide bonds. The van der Waals surface area contributed by atoms with E-state index in [9.17, 15) is 13.2 Å². The Labute approximate surface area is 154 Å². The Bertz CT molecular complexity index is 731. The van der Waals surface area contributed by atoms with Crippen LogP contribution in [0, 0.1) is 6.92 Å². The molecule has 0 aliphatic heterocycles. The number of nitrogens with zero attached hydrogens (tertiary/aromatic N) is 2. The van der Waals surface area contributed by atoms with E-state index in [2.05, 4.69) is 20.6 Å². The number of guanidine groups is 1. The van der Waals surface area contributed by atoms with Crippen molar-refractivity contribution in [3.05, 3.63) is 45.9 Å². The number of rotatable bonds is 7. The second kappa shape index (κ2) is 9.42. The van der Waals surface area contributed by atoms with Crippen molar-refractivity contribution in [1.29, 1.82) is 0 Å². The number of nitrogens with one attached hydrogen (secondary N) is 2. The zero-order valence-corrected chi connectivity index (χ0v) is 15.4. The maximum Gasteiger partial charge on any atom is 0.419 e. The summed E-state index contributed by atoms with van der Waals surface area (Å²) in [6.07, 6.45) is -2.64. The Kier molecular flexibility index (Phi) is 7.26. The summed E-state index contributed by atoms with van der Waals surface area (Å²) < 4.78 is 44.0. The highest BCUT2D eigenvalue weighted by atomic mass is 32.1. The van der Waals surface area contributed by atoms with E-state index < -0.39 is 11.7 Å². The van der Waals surface area contributed by atoms with Gasteiger partial charge in [-0.25, -0.2) is 9.98 Å². The summed E-state index contributed by atoms with van der Waals surface area (Å²) in [5.74, 6) is 0.384. The fraction of sp³-hybridized carbons (Fsp3) is 0.412. The number of aliphatic imine (C=N–C) groups is 1. The molecule has 0 aliphatic carbocycles. The first kappa shape index (κ1) is 20.0. The highest BCUT2D eigenvalue weighted by molar-refractivity contribution is 7.11. The lowest BCUT2D eigenvalue weighted by Gasteiger charge is -2.15. The second-order valence-corrected chi connectivity index (χ2v) is 6.65. The highest BCUT2D eigenvalue weighted by Crippen LogP contribution is 2.35. The Morgan fingerprint density at radius 1 is 1.27 bits per heavy atom. The zero-order valence-electron chi connectivity index (χ0n) is 14.6. The first-order valence-corrected chi connectivity index (χ1v) is 8.94. The summed E-state index contributed by atoms with van der Waals surface area (Å²) in [5, 5.41) is 7.01. The van der Waals surface area contributed by atoms with Gasteiger partial charge < -0.3 is 15.4 Å². The van der Waals surface area contributed by atoms with Gasteiger partial charge in [-0.05, 0) is 26.0 Å². The van der Waals surface area contributed by atoms with Crippen LogP contribution in [-0.4, -0.2) is 30.6 Å². The van der Waals surface area contributed by atoms with Crippen molar-refractivity contribution >= 4 is 17.3 Å². The Morgan fingerprint density at radius 3 is 2.69 bits per heavy atom. The van der Waals surface area contributed by atoms with Gasteiger partial charge in [0, 0.05) is 17.6 Å². The van der Waals surface area contributed by atoms with Crippen LogP contribution in [-0.2, 0) is 12.7 Å². The van der Waals surface area contributed by atoms with E-state index in [0.29, 0.717) is 25.6 Å². The number of hydrogen-bond acceptors (Lipinski definition) is 4. The zero-order chi connectivity index (χ0) is 19.0. The quantitative estimate of drug-likeness (QED) is 0.434. The lowest BCUT2D eigenvalue weighted by molar-refractivity contribution is -0.138. The number of aromatic nitrogens is 1. The summed E-state index contributed by atoms with van der Waals surface area (Å²) in [6, 6.07) is 5.17. The third kappa shape index (κ3) is 6.21. The monoisotopic (exact) mass is 386 g/mol. The van der Waals surface area contributed by atoms with E-state index in [-0.39, 0.29) is 12.4 Å². The molecule has 2 rings (SSSR count). The third-order valence-electron chi connectivity index (χ3n) is 3.23. The molecule has 9 heteroatoms. The number of alkyl halides is 3. The minimum atomic E-state index is -4.44. The van der Waals surface area contributed by atoms with Gasteiger partial charge in [-0.1, -0.05) is 12.1 Å². The Hall–Kier alpha value is -2.29. The smallest absolute Gasteiger partial charge is 0.419 e. The van der Waals surface area contributed by atoms with Gasteiger partial charge in [-0.15, -0.1) is 11.3 Å².